The van der Waals surface area contributed by atoms with Crippen LogP contribution in [0.2, 0.25) is 0 Å². The number of benzene rings is 1. The van der Waals surface area contributed by atoms with E-state index in [1.807, 2.05) is 0 Å². The Morgan fingerprint density at radius 1 is 1.50 bits per heavy atom. The molecule has 18 heavy (non-hydrogen) atoms. The molecule has 0 amide bonds. The standard InChI is InChI=1S/C10H14N2O5S/c1-6(13)5-12-18(16,17)9-3-2-7(10(14)15)4-8(9)11/h2-4,6,12-13H,5,11H2,1H3,(H,14,15)/t6-/m1/s1. The molecule has 0 aliphatic carbocycles. The zero-order valence-corrected chi connectivity index (χ0v) is 10.4. The van der Waals surface area contributed by atoms with Crippen molar-refractivity contribution in [1.29, 1.82) is 0 Å². The van der Waals surface area contributed by atoms with Gasteiger partial charge in [-0.05, 0) is 25.1 Å². The zero-order chi connectivity index (χ0) is 13.9. The van der Waals surface area contributed by atoms with Gasteiger partial charge >= 0.3 is 5.97 Å². The van der Waals surface area contributed by atoms with E-state index < -0.39 is 22.1 Å². The molecule has 1 aromatic rings. The normalized spacial score (nSPS) is 13.2. The van der Waals surface area contributed by atoms with Crippen LogP contribution in [-0.4, -0.2) is 37.2 Å². The number of aromatic carboxylic acids is 1. The number of nitrogens with one attached hydrogen (secondary N) is 1. The van der Waals surface area contributed by atoms with Crippen LogP contribution in [0, 0.1) is 0 Å². The van der Waals surface area contributed by atoms with Gasteiger partial charge in [0.2, 0.25) is 10.0 Å². The van der Waals surface area contributed by atoms with E-state index >= 15 is 0 Å². The number of sulfonamides is 1. The molecule has 0 unspecified atom stereocenters. The highest BCUT2D eigenvalue weighted by atomic mass is 32.2. The molecule has 0 fully saturated rings. The van der Waals surface area contributed by atoms with E-state index in [1.165, 1.54) is 6.92 Å². The lowest BCUT2D eigenvalue weighted by atomic mass is 10.2. The van der Waals surface area contributed by atoms with Crippen LogP contribution in [-0.2, 0) is 10.0 Å². The van der Waals surface area contributed by atoms with Crippen molar-refractivity contribution in [3.8, 4) is 0 Å². The number of carboxylic acids is 1. The second-order valence-electron chi connectivity index (χ2n) is 3.76. The predicted molar refractivity (Wildman–Crippen MR) is 64.7 cm³/mol. The average molecular weight is 274 g/mol. The third-order valence-corrected chi connectivity index (χ3v) is 3.61. The summed E-state index contributed by atoms with van der Waals surface area (Å²) in [5, 5.41) is 17.7. The van der Waals surface area contributed by atoms with Gasteiger partial charge in [-0.1, -0.05) is 0 Å². The van der Waals surface area contributed by atoms with Gasteiger partial charge in [0.15, 0.2) is 0 Å². The lowest BCUT2D eigenvalue weighted by Gasteiger charge is -2.10. The number of carbonyl (C=O) groups is 1. The van der Waals surface area contributed by atoms with E-state index in [1.54, 1.807) is 0 Å². The fourth-order valence-electron chi connectivity index (χ4n) is 1.23. The number of aliphatic hydroxyl groups is 1. The van der Waals surface area contributed by atoms with E-state index in [-0.39, 0.29) is 22.7 Å². The number of carboxylic acid groups (broad SMARTS) is 1. The second-order valence-corrected chi connectivity index (χ2v) is 5.49. The minimum absolute atomic E-state index is 0.0954. The molecule has 0 heterocycles. The van der Waals surface area contributed by atoms with Crippen LogP contribution in [0.1, 0.15) is 17.3 Å². The maximum absolute atomic E-state index is 11.8. The average Bonchev–Trinajstić information content (AvgIpc) is 2.26. The molecule has 8 heteroatoms. The number of rotatable bonds is 5. The second kappa shape index (κ2) is 5.34. The Hall–Kier alpha value is -1.64. The van der Waals surface area contributed by atoms with E-state index in [0.29, 0.717) is 0 Å². The SMILES string of the molecule is C[C@@H](O)CNS(=O)(=O)c1ccc(C(=O)O)cc1N. The van der Waals surface area contributed by atoms with Gasteiger partial charge in [-0.2, -0.15) is 0 Å². The molecular weight excluding hydrogens is 260 g/mol. The molecule has 0 saturated heterocycles. The minimum Gasteiger partial charge on any atom is -0.478 e. The third kappa shape index (κ3) is 3.42. The summed E-state index contributed by atoms with van der Waals surface area (Å²) < 4.78 is 25.7. The molecule has 1 atom stereocenters. The Morgan fingerprint density at radius 3 is 2.56 bits per heavy atom. The van der Waals surface area contributed by atoms with Crippen molar-refractivity contribution in [2.75, 3.05) is 12.3 Å². The van der Waals surface area contributed by atoms with Crippen LogP contribution in [0.15, 0.2) is 23.1 Å². The van der Waals surface area contributed by atoms with Crippen LogP contribution < -0.4 is 10.5 Å². The van der Waals surface area contributed by atoms with E-state index in [4.69, 9.17) is 15.9 Å². The monoisotopic (exact) mass is 274 g/mol. The highest BCUT2D eigenvalue weighted by Crippen LogP contribution is 2.19. The number of aliphatic hydroxyl groups excluding tert-OH is 1. The van der Waals surface area contributed by atoms with Gasteiger partial charge in [0.05, 0.1) is 17.4 Å². The summed E-state index contributed by atoms with van der Waals surface area (Å²) in [5.41, 5.74) is 5.25. The van der Waals surface area contributed by atoms with Crippen molar-refractivity contribution >= 4 is 21.7 Å². The van der Waals surface area contributed by atoms with Gasteiger partial charge < -0.3 is 15.9 Å². The molecule has 5 N–H and O–H groups in total. The van der Waals surface area contributed by atoms with Crippen molar-refractivity contribution in [2.24, 2.45) is 0 Å². The zero-order valence-electron chi connectivity index (χ0n) is 9.62. The highest BCUT2D eigenvalue weighted by molar-refractivity contribution is 7.89. The number of nitrogen functional groups attached to an aromatic ring is 1. The maximum atomic E-state index is 11.8. The summed E-state index contributed by atoms with van der Waals surface area (Å²) in [5.74, 6) is -1.19. The number of hydrogen-bond acceptors (Lipinski definition) is 5. The Bertz CT molecular complexity index is 553. The van der Waals surface area contributed by atoms with Crippen LogP contribution in [0.5, 0.6) is 0 Å². The summed E-state index contributed by atoms with van der Waals surface area (Å²) in [6.07, 6.45) is -0.834. The largest absolute Gasteiger partial charge is 0.478 e. The molecule has 0 radical (unpaired) electrons. The number of hydrogen-bond donors (Lipinski definition) is 4. The van der Waals surface area contributed by atoms with E-state index in [0.717, 1.165) is 18.2 Å². The molecule has 0 aliphatic rings. The first kappa shape index (κ1) is 14.4. The highest BCUT2D eigenvalue weighted by Gasteiger charge is 2.19. The summed E-state index contributed by atoms with van der Waals surface area (Å²) in [4.78, 5) is 10.5. The van der Waals surface area contributed by atoms with Crippen LogP contribution in [0.3, 0.4) is 0 Å². The quantitative estimate of drug-likeness (QED) is 0.542. The van der Waals surface area contributed by atoms with Gasteiger partial charge in [0, 0.05) is 6.54 Å². The molecule has 1 aromatic carbocycles. The first-order valence-corrected chi connectivity index (χ1v) is 6.53. The van der Waals surface area contributed by atoms with Gasteiger partial charge in [0.1, 0.15) is 4.90 Å². The fourth-order valence-corrected chi connectivity index (χ4v) is 2.47. The van der Waals surface area contributed by atoms with Crippen LogP contribution in [0.25, 0.3) is 0 Å². The molecule has 100 valence electrons. The van der Waals surface area contributed by atoms with E-state index in [2.05, 4.69) is 4.72 Å². The predicted octanol–water partition coefficient (Wildman–Crippen LogP) is -0.374. The molecule has 0 aliphatic heterocycles. The Balaban J connectivity index is 3.06. The Labute approximate surface area is 104 Å². The Morgan fingerprint density at radius 2 is 2.11 bits per heavy atom. The number of anilines is 1. The van der Waals surface area contributed by atoms with E-state index in [9.17, 15) is 13.2 Å². The number of nitrogens with two attached hydrogens (primary N) is 1. The van der Waals surface area contributed by atoms with Crippen molar-refractivity contribution in [3.05, 3.63) is 23.8 Å². The smallest absolute Gasteiger partial charge is 0.335 e. The van der Waals surface area contributed by atoms with Crippen molar-refractivity contribution < 1.29 is 23.4 Å². The topological polar surface area (TPSA) is 130 Å². The van der Waals surface area contributed by atoms with Crippen molar-refractivity contribution in [3.63, 3.8) is 0 Å². The first-order chi connectivity index (χ1) is 8.24. The summed E-state index contributed by atoms with van der Waals surface area (Å²) in [6, 6.07) is 3.33. The summed E-state index contributed by atoms with van der Waals surface area (Å²) in [6.45, 7) is 1.28. The van der Waals surface area contributed by atoms with Gasteiger partial charge in [0.25, 0.3) is 0 Å². The van der Waals surface area contributed by atoms with Gasteiger partial charge in [-0.25, -0.2) is 17.9 Å². The molecule has 7 nitrogen and oxygen atoms in total. The lowest BCUT2D eigenvalue weighted by Crippen LogP contribution is -2.31. The lowest BCUT2D eigenvalue weighted by molar-refractivity contribution is 0.0697. The summed E-state index contributed by atoms with van der Waals surface area (Å²) >= 11 is 0. The first-order valence-electron chi connectivity index (χ1n) is 5.04. The van der Waals surface area contributed by atoms with Crippen LogP contribution in [0.4, 0.5) is 5.69 Å². The van der Waals surface area contributed by atoms with Crippen LogP contribution >= 0.6 is 0 Å². The minimum atomic E-state index is -3.86. The molecule has 0 bridgehead atoms. The molecule has 0 saturated carbocycles. The summed E-state index contributed by atoms with van der Waals surface area (Å²) in [7, 11) is -3.86. The Kier molecular flexibility index (Phi) is 4.28. The molecule has 0 aromatic heterocycles. The van der Waals surface area contributed by atoms with Crippen molar-refractivity contribution in [2.45, 2.75) is 17.9 Å². The van der Waals surface area contributed by atoms with Crippen molar-refractivity contribution in [1.82, 2.24) is 4.72 Å². The molecule has 1 rings (SSSR count). The maximum Gasteiger partial charge on any atom is 0.335 e. The fraction of sp³-hybridized carbons (Fsp3) is 0.300. The molecular formula is C10H14N2O5S. The van der Waals surface area contributed by atoms with Gasteiger partial charge in [-0.3, -0.25) is 0 Å². The molecule has 0 spiro atoms. The third-order valence-electron chi connectivity index (χ3n) is 2.12. The van der Waals surface area contributed by atoms with Gasteiger partial charge in [-0.15, -0.1) is 0 Å².